The van der Waals surface area contributed by atoms with Crippen LogP contribution in [0.5, 0.6) is 0 Å². The number of nitrogens with one attached hydrogen (secondary N) is 2. The van der Waals surface area contributed by atoms with Crippen molar-refractivity contribution in [1.82, 2.24) is 25.5 Å². The molecule has 2 aromatic carbocycles. The van der Waals surface area contributed by atoms with Crippen molar-refractivity contribution < 1.29 is 4.79 Å². The fourth-order valence-electron chi connectivity index (χ4n) is 4.33. The molecule has 1 atom stereocenters. The molecule has 0 spiro atoms. The van der Waals surface area contributed by atoms with Gasteiger partial charge in [0.15, 0.2) is 5.65 Å². The summed E-state index contributed by atoms with van der Waals surface area (Å²) in [5, 5.41) is 11.4. The summed E-state index contributed by atoms with van der Waals surface area (Å²) in [6, 6.07) is 16.2. The van der Waals surface area contributed by atoms with Crippen LogP contribution < -0.4 is 10.2 Å². The van der Waals surface area contributed by atoms with Gasteiger partial charge in [0, 0.05) is 11.8 Å². The van der Waals surface area contributed by atoms with Crippen LogP contribution in [0.25, 0.3) is 22.3 Å². The number of hydrogen-bond acceptors (Lipinski definition) is 5. The van der Waals surface area contributed by atoms with E-state index in [1.807, 2.05) is 50.2 Å². The molecule has 7 heteroatoms. The van der Waals surface area contributed by atoms with Crippen LogP contribution in [0.15, 0.2) is 61.1 Å². The minimum Gasteiger partial charge on any atom is -0.342 e. The van der Waals surface area contributed by atoms with E-state index in [4.69, 9.17) is 0 Å². The van der Waals surface area contributed by atoms with Crippen LogP contribution in [0.1, 0.15) is 42.7 Å². The van der Waals surface area contributed by atoms with Crippen LogP contribution in [0.4, 0.5) is 5.69 Å². The number of anilines is 1. The van der Waals surface area contributed by atoms with Gasteiger partial charge in [-0.05, 0) is 38.5 Å². The number of carbonyl (C=O) groups excluding carboxylic acids is 1. The highest BCUT2D eigenvalue weighted by Gasteiger charge is 2.39. The number of aromatic amines is 1. The Morgan fingerprint density at radius 3 is 2.70 bits per heavy atom. The molecule has 0 radical (unpaired) electrons. The Kier molecular flexibility index (Phi) is 4.06. The molecule has 1 amide bonds. The van der Waals surface area contributed by atoms with Crippen LogP contribution in [-0.4, -0.2) is 31.7 Å². The summed E-state index contributed by atoms with van der Waals surface area (Å²) in [6.45, 7) is 6.21. The zero-order chi connectivity index (χ0) is 20.9. The minimum atomic E-state index is -0.561. The molecule has 150 valence electrons. The van der Waals surface area contributed by atoms with Crippen molar-refractivity contribution in [1.29, 1.82) is 0 Å². The largest absolute Gasteiger partial charge is 0.342 e. The number of fused-ring (bicyclic) bond motifs is 2. The summed E-state index contributed by atoms with van der Waals surface area (Å²) in [6.07, 6.45) is 3.24. The monoisotopic (exact) mass is 398 g/mol. The molecule has 2 N–H and O–H groups in total. The fraction of sp³-hybridized carbons (Fsp3) is 0.217. The second-order valence-electron chi connectivity index (χ2n) is 8.06. The standard InChI is InChI=1S/C23H22N6O/c1-14(15-7-5-4-6-8-15)29-19-11-16(9-10-17(19)22(30)26-23(29,2)3)20-18-12-24-13-25-21(18)28-27-20/h4-14H,1-3H3,(H,26,30)(H,24,25,27,28)/t14-/m1/s1. The Balaban J connectivity index is 1.68. The van der Waals surface area contributed by atoms with Crippen LogP contribution in [0.3, 0.4) is 0 Å². The molecule has 0 aliphatic carbocycles. The Morgan fingerprint density at radius 2 is 1.90 bits per heavy atom. The van der Waals surface area contributed by atoms with Crippen molar-refractivity contribution in [3.8, 4) is 11.3 Å². The number of hydrogen-bond donors (Lipinski definition) is 2. The van der Waals surface area contributed by atoms with Gasteiger partial charge in [0.2, 0.25) is 0 Å². The lowest BCUT2D eigenvalue weighted by molar-refractivity contribution is 0.0893. The number of nitrogens with zero attached hydrogens (tertiary/aromatic N) is 4. The smallest absolute Gasteiger partial charge is 0.255 e. The van der Waals surface area contributed by atoms with Crippen molar-refractivity contribution in [3.63, 3.8) is 0 Å². The highest BCUT2D eigenvalue weighted by Crippen LogP contribution is 2.40. The van der Waals surface area contributed by atoms with Crippen molar-refractivity contribution in [2.75, 3.05) is 4.90 Å². The molecule has 0 bridgehead atoms. The number of carbonyl (C=O) groups is 1. The molecule has 0 saturated carbocycles. The second kappa shape index (κ2) is 6.66. The summed E-state index contributed by atoms with van der Waals surface area (Å²) < 4.78 is 0. The Hall–Kier alpha value is -3.74. The van der Waals surface area contributed by atoms with E-state index in [0.717, 1.165) is 22.3 Å². The van der Waals surface area contributed by atoms with Gasteiger partial charge in [-0.1, -0.05) is 36.4 Å². The van der Waals surface area contributed by atoms with Gasteiger partial charge < -0.3 is 10.2 Å². The predicted molar refractivity (Wildman–Crippen MR) is 116 cm³/mol. The summed E-state index contributed by atoms with van der Waals surface area (Å²) in [4.78, 5) is 23.5. The molecule has 7 nitrogen and oxygen atoms in total. The highest BCUT2D eigenvalue weighted by atomic mass is 16.2. The van der Waals surface area contributed by atoms with Gasteiger partial charge in [-0.3, -0.25) is 9.89 Å². The van der Waals surface area contributed by atoms with E-state index in [9.17, 15) is 4.79 Å². The maximum absolute atomic E-state index is 12.8. The number of H-pyrrole nitrogens is 1. The molecular formula is C23H22N6O. The minimum absolute atomic E-state index is 0.0510. The van der Waals surface area contributed by atoms with Crippen LogP contribution in [-0.2, 0) is 0 Å². The lowest BCUT2D eigenvalue weighted by Crippen LogP contribution is -2.61. The van der Waals surface area contributed by atoms with E-state index >= 15 is 0 Å². The maximum atomic E-state index is 12.8. The van der Waals surface area contributed by atoms with Crippen molar-refractivity contribution in [3.05, 3.63) is 72.2 Å². The molecule has 0 saturated heterocycles. The van der Waals surface area contributed by atoms with E-state index < -0.39 is 5.66 Å². The molecule has 4 aromatic rings. The molecule has 1 aliphatic rings. The lowest BCUT2D eigenvalue weighted by Gasteiger charge is -2.48. The average Bonchev–Trinajstić information content (AvgIpc) is 3.17. The van der Waals surface area contributed by atoms with Crippen molar-refractivity contribution in [2.45, 2.75) is 32.5 Å². The van der Waals surface area contributed by atoms with E-state index in [0.29, 0.717) is 11.2 Å². The van der Waals surface area contributed by atoms with Gasteiger partial charge in [0.05, 0.1) is 22.7 Å². The molecule has 3 heterocycles. The third-order valence-corrected chi connectivity index (χ3v) is 5.71. The Bertz CT molecular complexity index is 1250. The normalized spacial score (nSPS) is 16.2. The van der Waals surface area contributed by atoms with Gasteiger partial charge in [-0.2, -0.15) is 5.10 Å². The molecular weight excluding hydrogens is 376 g/mol. The van der Waals surface area contributed by atoms with Crippen LogP contribution in [0.2, 0.25) is 0 Å². The number of benzene rings is 2. The molecule has 2 aromatic heterocycles. The van der Waals surface area contributed by atoms with Crippen molar-refractivity contribution >= 4 is 22.6 Å². The van der Waals surface area contributed by atoms with Gasteiger partial charge >= 0.3 is 0 Å². The van der Waals surface area contributed by atoms with E-state index in [1.54, 1.807) is 6.20 Å². The first kappa shape index (κ1) is 18.3. The van der Waals surface area contributed by atoms with Gasteiger partial charge in [-0.15, -0.1) is 0 Å². The van der Waals surface area contributed by atoms with E-state index in [2.05, 4.69) is 49.4 Å². The highest BCUT2D eigenvalue weighted by molar-refractivity contribution is 6.04. The van der Waals surface area contributed by atoms with Crippen molar-refractivity contribution in [2.24, 2.45) is 0 Å². The first-order chi connectivity index (χ1) is 14.5. The molecule has 0 fully saturated rings. The molecule has 1 aliphatic heterocycles. The Morgan fingerprint density at radius 1 is 1.10 bits per heavy atom. The summed E-state index contributed by atoms with van der Waals surface area (Å²) in [5.74, 6) is -0.0757. The third-order valence-electron chi connectivity index (χ3n) is 5.71. The quantitative estimate of drug-likeness (QED) is 0.543. The summed E-state index contributed by atoms with van der Waals surface area (Å²) in [5.41, 5.74) is 4.51. The number of rotatable bonds is 3. The second-order valence-corrected chi connectivity index (χ2v) is 8.06. The van der Waals surface area contributed by atoms with Gasteiger partial charge in [0.1, 0.15) is 17.7 Å². The fourth-order valence-corrected chi connectivity index (χ4v) is 4.33. The first-order valence-electron chi connectivity index (χ1n) is 9.91. The molecule has 0 unspecified atom stereocenters. The SMILES string of the molecule is C[C@H](c1ccccc1)N1c2cc(-c3n[nH]c4ncncc34)ccc2C(=O)NC1(C)C. The average molecular weight is 398 g/mol. The first-order valence-corrected chi connectivity index (χ1v) is 9.91. The van der Waals surface area contributed by atoms with E-state index in [-0.39, 0.29) is 11.9 Å². The van der Waals surface area contributed by atoms with Crippen LogP contribution in [0, 0.1) is 0 Å². The lowest BCUT2D eigenvalue weighted by atomic mass is 9.94. The van der Waals surface area contributed by atoms with Gasteiger partial charge in [-0.25, -0.2) is 9.97 Å². The number of aromatic nitrogens is 4. The summed E-state index contributed by atoms with van der Waals surface area (Å²) >= 11 is 0. The zero-order valence-electron chi connectivity index (χ0n) is 17.0. The molecule has 5 rings (SSSR count). The van der Waals surface area contributed by atoms with E-state index in [1.165, 1.54) is 11.9 Å². The topological polar surface area (TPSA) is 86.8 Å². The third kappa shape index (κ3) is 2.82. The maximum Gasteiger partial charge on any atom is 0.255 e. The summed E-state index contributed by atoms with van der Waals surface area (Å²) in [7, 11) is 0. The van der Waals surface area contributed by atoms with Crippen LogP contribution >= 0.6 is 0 Å². The Labute approximate surface area is 174 Å². The predicted octanol–water partition coefficient (Wildman–Crippen LogP) is 4.07. The molecule has 30 heavy (non-hydrogen) atoms. The van der Waals surface area contributed by atoms with Gasteiger partial charge in [0.25, 0.3) is 5.91 Å². The number of amides is 1. The zero-order valence-corrected chi connectivity index (χ0v) is 17.0.